The van der Waals surface area contributed by atoms with Gasteiger partial charge in [0.2, 0.25) is 0 Å². The summed E-state index contributed by atoms with van der Waals surface area (Å²) in [5, 5.41) is 11.8. The molecule has 0 amide bonds. The van der Waals surface area contributed by atoms with Crippen LogP contribution in [0.15, 0.2) is 10.8 Å². The van der Waals surface area contributed by atoms with E-state index >= 15 is 0 Å². The number of carbonyl (C=O) groups is 1. The Morgan fingerprint density at radius 2 is 2.33 bits per heavy atom. The van der Waals surface area contributed by atoms with Gasteiger partial charge >= 0.3 is 5.97 Å². The monoisotopic (exact) mass is 164 g/mol. The van der Waals surface area contributed by atoms with E-state index in [0.717, 1.165) is 0 Å². The van der Waals surface area contributed by atoms with Gasteiger partial charge in [-0.2, -0.15) is 0 Å². The van der Waals surface area contributed by atoms with Crippen LogP contribution in [0.25, 0.3) is 0 Å². The first-order chi connectivity index (χ1) is 4.27. The Balaban J connectivity index is 3.09. The molecule has 0 heterocycles. The van der Waals surface area contributed by atoms with Gasteiger partial charge in [0.1, 0.15) is 0 Å². The molecule has 2 nitrogen and oxygen atoms in total. The summed E-state index contributed by atoms with van der Waals surface area (Å²) in [4.78, 5) is 9.90. The van der Waals surface area contributed by atoms with Gasteiger partial charge in [0, 0.05) is 0 Å². The molecule has 0 spiro atoms. The van der Waals surface area contributed by atoms with Crippen LogP contribution in [0.3, 0.4) is 0 Å². The molecule has 0 fully saturated rings. The van der Waals surface area contributed by atoms with E-state index in [9.17, 15) is 4.79 Å². The Morgan fingerprint density at radius 3 is 2.78 bits per heavy atom. The zero-order valence-corrected chi connectivity index (χ0v) is 6.67. The first-order valence-electron chi connectivity index (χ1n) is 2.28. The molecule has 0 aromatic carbocycles. The second-order valence-corrected chi connectivity index (χ2v) is 2.85. The zero-order valence-electron chi connectivity index (χ0n) is 5.03. The topological polar surface area (TPSA) is 37.3 Å². The van der Waals surface area contributed by atoms with Gasteiger partial charge in [0.25, 0.3) is 0 Å². The van der Waals surface area contributed by atoms with Crippen molar-refractivity contribution in [2.24, 2.45) is 0 Å². The van der Waals surface area contributed by atoms with E-state index in [0.29, 0.717) is 0 Å². The average Bonchev–Trinajstić information content (AvgIpc) is 1.80. The van der Waals surface area contributed by atoms with Crippen LogP contribution in [0, 0.1) is 0 Å². The van der Waals surface area contributed by atoms with Crippen molar-refractivity contribution in [3.05, 3.63) is 10.8 Å². The number of thioether (sulfide) groups is 2. The number of carboxylic acids is 1. The Morgan fingerprint density at radius 1 is 1.67 bits per heavy atom. The van der Waals surface area contributed by atoms with Crippen LogP contribution in [-0.4, -0.2) is 23.1 Å². The van der Waals surface area contributed by atoms with E-state index in [-0.39, 0.29) is 5.75 Å². The molecule has 1 N–H and O–H groups in total. The van der Waals surface area contributed by atoms with Crippen LogP contribution < -0.4 is 0 Å². The van der Waals surface area contributed by atoms with Crippen molar-refractivity contribution in [3.8, 4) is 0 Å². The first kappa shape index (κ1) is 8.91. The smallest absolute Gasteiger partial charge is 0.313 e. The highest BCUT2D eigenvalue weighted by atomic mass is 32.2. The molecule has 0 aromatic rings. The van der Waals surface area contributed by atoms with E-state index in [1.54, 1.807) is 17.2 Å². The molecule has 0 aliphatic rings. The van der Waals surface area contributed by atoms with E-state index in [1.807, 2.05) is 11.7 Å². The van der Waals surface area contributed by atoms with Crippen LogP contribution >= 0.6 is 23.5 Å². The predicted octanol–water partition coefficient (Wildman–Crippen LogP) is 1.64. The molecule has 0 rings (SSSR count). The van der Waals surface area contributed by atoms with Crippen molar-refractivity contribution < 1.29 is 9.90 Å². The quantitative estimate of drug-likeness (QED) is 0.685. The van der Waals surface area contributed by atoms with Gasteiger partial charge in [0.05, 0.1) is 5.75 Å². The lowest BCUT2D eigenvalue weighted by Crippen LogP contribution is -1.95. The fraction of sp³-hybridized carbons (Fsp3) is 0.400. The maximum Gasteiger partial charge on any atom is 0.313 e. The molecular formula is C5H8O2S2. The minimum atomic E-state index is -0.772. The Labute approximate surface area is 62.7 Å². The molecule has 0 bridgehead atoms. The first-order valence-corrected chi connectivity index (χ1v) is 4.62. The number of hydrogen-bond donors (Lipinski definition) is 1. The lowest BCUT2D eigenvalue weighted by atomic mass is 10.8. The van der Waals surface area contributed by atoms with E-state index < -0.39 is 5.97 Å². The van der Waals surface area contributed by atoms with Crippen molar-refractivity contribution >= 4 is 29.5 Å². The second kappa shape index (κ2) is 6.04. The van der Waals surface area contributed by atoms with Crippen LogP contribution in [0.5, 0.6) is 0 Å². The standard InChI is InChI=1S/C5H8O2S2/c1-8-2-3-9-4-5(6)7/h2-3H,4H2,1H3,(H,6,7)/b3-2-. The highest BCUT2D eigenvalue weighted by Gasteiger charge is 1.90. The molecule has 9 heavy (non-hydrogen) atoms. The normalized spacial score (nSPS) is 10.3. The van der Waals surface area contributed by atoms with Gasteiger partial charge in [-0.3, -0.25) is 4.79 Å². The summed E-state index contributed by atoms with van der Waals surface area (Å²) < 4.78 is 0. The van der Waals surface area contributed by atoms with Gasteiger partial charge in [-0.05, 0) is 17.1 Å². The van der Waals surface area contributed by atoms with Crippen molar-refractivity contribution in [2.45, 2.75) is 0 Å². The van der Waals surface area contributed by atoms with E-state index in [4.69, 9.17) is 5.11 Å². The Bertz CT molecular complexity index is 112. The summed E-state index contributed by atoms with van der Waals surface area (Å²) in [7, 11) is 0. The van der Waals surface area contributed by atoms with Gasteiger partial charge < -0.3 is 5.11 Å². The molecule has 0 saturated carbocycles. The third-order valence-corrected chi connectivity index (χ3v) is 1.82. The number of carboxylic acid groups (broad SMARTS) is 1. The SMILES string of the molecule is CS/C=C\SCC(=O)O. The summed E-state index contributed by atoms with van der Waals surface area (Å²) >= 11 is 2.84. The van der Waals surface area contributed by atoms with Crippen LogP contribution in [0.2, 0.25) is 0 Å². The molecule has 0 saturated heterocycles. The number of rotatable bonds is 4. The summed E-state index contributed by atoms with van der Waals surface area (Å²) in [6, 6.07) is 0. The minimum Gasteiger partial charge on any atom is -0.481 e. The van der Waals surface area contributed by atoms with Gasteiger partial charge in [-0.1, -0.05) is 0 Å². The summed E-state index contributed by atoms with van der Waals surface area (Å²) in [6.07, 6.45) is 1.93. The molecule has 0 aliphatic carbocycles. The van der Waals surface area contributed by atoms with Crippen LogP contribution in [-0.2, 0) is 4.79 Å². The Kier molecular flexibility index (Phi) is 5.98. The van der Waals surface area contributed by atoms with Crippen LogP contribution in [0.1, 0.15) is 0 Å². The number of hydrogen-bond acceptors (Lipinski definition) is 3. The second-order valence-electron chi connectivity index (χ2n) is 1.21. The highest BCUT2D eigenvalue weighted by molar-refractivity contribution is 8.05. The predicted molar refractivity (Wildman–Crippen MR) is 42.7 cm³/mol. The molecule has 0 unspecified atom stereocenters. The van der Waals surface area contributed by atoms with E-state index in [1.165, 1.54) is 11.8 Å². The molecule has 4 heteroatoms. The third-order valence-electron chi connectivity index (χ3n) is 0.495. The van der Waals surface area contributed by atoms with Gasteiger partial charge in [-0.25, -0.2) is 0 Å². The fourth-order valence-electron chi connectivity index (χ4n) is 0.214. The summed E-state index contributed by atoms with van der Waals surface area (Å²) in [6.45, 7) is 0. The largest absolute Gasteiger partial charge is 0.481 e. The van der Waals surface area contributed by atoms with Crippen molar-refractivity contribution in [1.82, 2.24) is 0 Å². The minimum absolute atomic E-state index is 0.150. The molecular weight excluding hydrogens is 156 g/mol. The lowest BCUT2D eigenvalue weighted by Gasteiger charge is -1.85. The van der Waals surface area contributed by atoms with Crippen molar-refractivity contribution in [3.63, 3.8) is 0 Å². The average molecular weight is 164 g/mol. The zero-order chi connectivity index (χ0) is 7.11. The fourth-order valence-corrected chi connectivity index (χ4v) is 1.21. The number of aliphatic carboxylic acids is 1. The van der Waals surface area contributed by atoms with Gasteiger partial charge in [-0.15, -0.1) is 23.5 Å². The van der Waals surface area contributed by atoms with Gasteiger partial charge in [0.15, 0.2) is 0 Å². The molecule has 52 valence electrons. The maximum atomic E-state index is 9.90. The molecule has 0 aromatic heterocycles. The lowest BCUT2D eigenvalue weighted by molar-refractivity contribution is -0.133. The highest BCUT2D eigenvalue weighted by Crippen LogP contribution is 2.04. The maximum absolute atomic E-state index is 9.90. The summed E-state index contributed by atoms with van der Waals surface area (Å²) in [5.41, 5.74) is 0. The van der Waals surface area contributed by atoms with Crippen molar-refractivity contribution in [2.75, 3.05) is 12.0 Å². The molecule has 0 atom stereocenters. The molecule has 0 radical (unpaired) electrons. The van der Waals surface area contributed by atoms with Crippen molar-refractivity contribution in [1.29, 1.82) is 0 Å². The Hall–Kier alpha value is -0.0900. The van der Waals surface area contributed by atoms with E-state index in [2.05, 4.69) is 0 Å². The van der Waals surface area contributed by atoms with Crippen LogP contribution in [0.4, 0.5) is 0 Å². The third kappa shape index (κ3) is 7.91. The molecule has 0 aliphatic heterocycles. The summed E-state index contributed by atoms with van der Waals surface area (Å²) in [5.74, 6) is -0.623.